The average Bonchev–Trinajstić information content (AvgIpc) is 3.40. The number of nitrogens with zero attached hydrogens (tertiary/aromatic N) is 2. The highest BCUT2D eigenvalue weighted by molar-refractivity contribution is 9.10. The normalized spacial score (nSPS) is 16.5. The van der Waals surface area contributed by atoms with Crippen molar-refractivity contribution < 1.29 is 14.6 Å². The molecule has 1 saturated heterocycles. The van der Waals surface area contributed by atoms with Crippen LogP contribution in [0.4, 0.5) is 5.69 Å². The molecule has 0 bridgehead atoms. The average molecular weight is 506 g/mol. The molecule has 3 aromatic rings. The van der Waals surface area contributed by atoms with Crippen molar-refractivity contribution >= 4 is 67.1 Å². The van der Waals surface area contributed by atoms with Crippen LogP contribution in [0.2, 0.25) is 0 Å². The van der Waals surface area contributed by atoms with Crippen molar-refractivity contribution in [3.63, 3.8) is 0 Å². The first-order valence-corrected chi connectivity index (χ1v) is 12.1. The van der Waals surface area contributed by atoms with Crippen LogP contribution in [0.1, 0.15) is 18.4 Å². The summed E-state index contributed by atoms with van der Waals surface area (Å²) in [5, 5.41) is 12.9. The molecule has 1 amide bonds. The molecule has 0 aliphatic carbocycles. The molecule has 2 heterocycles. The van der Waals surface area contributed by atoms with E-state index < -0.39 is 0 Å². The number of aromatic hydroxyl groups is 1. The van der Waals surface area contributed by atoms with E-state index >= 15 is 0 Å². The van der Waals surface area contributed by atoms with Gasteiger partial charge in [-0.05, 0) is 49.2 Å². The highest BCUT2D eigenvalue weighted by atomic mass is 79.9. The lowest BCUT2D eigenvalue weighted by Gasteiger charge is -2.09. The van der Waals surface area contributed by atoms with Crippen LogP contribution in [0, 0.1) is 0 Å². The number of aliphatic imine (C=N–C) groups is 1. The third-order valence-corrected chi connectivity index (χ3v) is 7.23. The molecule has 156 valence electrons. The number of nitrogens with one attached hydrogen (secondary N) is 1. The van der Waals surface area contributed by atoms with Crippen LogP contribution in [0.15, 0.2) is 50.2 Å². The van der Waals surface area contributed by atoms with Crippen molar-refractivity contribution in [1.82, 2.24) is 10.3 Å². The Morgan fingerprint density at radius 1 is 1.40 bits per heavy atom. The fourth-order valence-electron chi connectivity index (χ4n) is 3.02. The summed E-state index contributed by atoms with van der Waals surface area (Å²) in [6.07, 6.45) is 3.87. The maximum atomic E-state index is 12.1. The van der Waals surface area contributed by atoms with E-state index in [9.17, 15) is 9.90 Å². The van der Waals surface area contributed by atoms with Crippen molar-refractivity contribution in [2.45, 2.75) is 23.3 Å². The number of rotatable bonds is 7. The zero-order valence-corrected chi connectivity index (χ0v) is 19.2. The fourth-order valence-corrected chi connectivity index (χ4v) is 5.33. The number of carbonyl (C=O) groups excluding carboxylic acids is 1. The van der Waals surface area contributed by atoms with Gasteiger partial charge in [0.25, 0.3) is 0 Å². The molecular formula is C21H20BrN3O3S2. The van der Waals surface area contributed by atoms with Crippen molar-refractivity contribution in [2.75, 3.05) is 18.9 Å². The van der Waals surface area contributed by atoms with Gasteiger partial charge in [0, 0.05) is 29.4 Å². The lowest BCUT2D eigenvalue weighted by molar-refractivity contribution is -0.119. The molecule has 30 heavy (non-hydrogen) atoms. The summed E-state index contributed by atoms with van der Waals surface area (Å²) in [6, 6.07) is 11.0. The number of thiazole rings is 1. The Balaban J connectivity index is 1.36. The molecular weight excluding hydrogens is 486 g/mol. The second-order valence-corrected chi connectivity index (χ2v) is 9.99. The number of hydrogen-bond donors (Lipinski definition) is 2. The molecule has 1 aromatic heterocycles. The Hall–Kier alpha value is -1.94. The van der Waals surface area contributed by atoms with Crippen LogP contribution in [0.25, 0.3) is 10.2 Å². The van der Waals surface area contributed by atoms with Gasteiger partial charge in [0.05, 0.1) is 27.8 Å². The summed E-state index contributed by atoms with van der Waals surface area (Å²) < 4.78 is 8.25. The maximum absolute atomic E-state index is 12.1. The Bertz CT molecular complexity index is 1080. The molecule has 0 saturated carbocycles. The SMILES string of the molecule is O=C(CSc1nc2ccc(N=Cc3cc(Br)ccc3O)cc2s1)NCC1CCCO1. The largest absolute Gasteiger partial charge is 0.507 e. The zero-order chi connectivity index (χ0) is 20.9. The predicted molar refractivity (Wildman–Crippen MR) is 125 cm³/mol. The summed E-state index contributed by atoms with van der Waals surface area (Å²) in [6.45, 7) is 1.37. The number of ether oxygens (including phenoxy) is 1. The molecule has 2 aromatic carbocycles. The number of hydrogen-bond acceptors (Lipinski definition) is 7. The Morgan fingerprint density at radius 3 is 3.13 bits per heavy atom. The van der Waals surface area contributed by atoms with Gasteiger partial charge in [0.2, 0.25) is 5.91 Å². The maximum Gasteiger partial charge on any atom is 0.230 e. The predicted octanol–water partition coefficient (Wildman–Crippen LogP) is 4.90. The molecule has 1 aliphatic rings. The topological polar surface area (TPSA) is 83.8 Å². The molecule has 9 heteroatoms. The van der Waals surface area contributed by atoms with E-state index in [1.165, 1.54) is 11.8 Å². The van der Waals surface area contributed by atoms with Crippen LogP contribution >= 0.6 is 39.0 Å². The summed E-state index contributed by atoms with van der Waals surface area (Å²) in [4.78, 5) is 21.1. The van der Waals surface area contributed by atoms with E-state index in [2.05, 4.69) is 31.2 Å². The van der Waals surface area contributed by atoms with E-state index in [0.717, 1.165) is 44.2 Å². The highest BCUT2D eigenvalue weighted by Gasteiger charge is 2.16. The van der Waals surface area contributed by atoms with E-state index in [-0.39, 0.29) is 17.8 Å². The van der Waals surface area contributed by atoms with Gasteiger partial charge in [0.1, 0.15) is 5.75 Å². The van der Waals surface area contributed by atoms with E-state index in [0.29, 0.717) is 17.9 Å². The van der Waals surface area contributed by atoms with Gasteiger partial charge in [0.15, 0.2) is 4.34 Å². The second-order valence-electron chi connectivity index (χ2n) is 6.82. The Morgan fingerprint density at radius 2 is 2.30 bits per heavy atom. The molecule has 1 atom stereocenters. The second kappa shape index (κ2) is 9.91. The van der Waals surface area contributed by atoms with Gasteiger partial charge in [-0.2, -0.15) is 0 Å². The molecule has 0 radical (unpaired) electrons. The molecule has 2 N–H and O–H groups in total. The van der Waals surface area contributed by atoms with Gasteiger partial charge in [-0.3, -0.25) is 9.79 Å². The standard InChI is InChI=1S/C21H20BrN3O3S2/c22-14-3-6-18(26)13(8-14)10-23-15-4-5-17-19(9-15)30-21(25-17)29-12-20(27)24-11-16-2-1-7-28-16/h3-6,8-10,16,26H,1-2,7,11-12H2,(H,24,27). The van der Waals surface area contributed by atoms with Gasteiger partial charge < -0.3 is 15.2 Å². The van der Waals surface area contributed by atoms with Gasteiger partial charge >= 0.3 is 0 Å². The highest BCUT2D eigenvalue weighted by Crippen LogP contribution is 2.32. The first kappa shape index (κ1) is 21.3. The number of amides is 1. The molecule has 0 spiro atoms. The molecule has 6 nitrogen and oxygen atoms in total. The van der Waals surface area contributed by atoms with Gasteiger partial charge in [-0.25, -0.2) is 4.98 Å². The van der Waals surface area contributed by atoms with Crippen LogP contribution in [-0.2, 0) is 9.53 Å². The lowest BCUT2D eigenvalue weighted by Crippen LogP contribution is -2.32. The Labute approximate surface area is 190 Å². The van der Waals surface area contributed by atoms with Crippen molar-refractivity contribution in [3.8, 4) is 5.75 Å². The summed E-state index contributed by atoms with van der Waals surface area (Å²) in [7, 11) is 0. The minimum absolute atomic E-state index is 0.00567. The number of carbonyl (C=O) groups is 1. The zero-order valence-electron chi connectivity index (χ0n) is 16.0. The number of fused-ring (bicyclic) bond motifs is 1. The third kappa shape index (κ3) is 5.60. The number of thioether (sulfide) groups is 1. The first-order chi connectivity index (χ1) is 14.6. The quantitative estimate of drug-likeness (QED) is 0.352. The van der Waals surface area contributed by atoms with Gasteiger partial charge in [-0.15, -0.1) is 11.3 Å². The van der Waals surface area contributed by atoms with Crippen molar-refractivity contribution in [3.05, 3.63) is 46.4 Å². The first-order valence-electron chi connectivity index (χ1n) is 9.51. The molecule has 1 aliphatic heterocycles. The lowest BCUT2D eigenvalue weighted by atomic mass is 10.2. The third-order valence-electron chi connectivity index (χ3n) is 4.57. The molecule has 1 fully saturated rings. The summed E-state index contributed by atoms with van der Waals surface area (Å²) in [5.41, 5.74) is 2.29. The molecule has 1 unspecified atom stereocenters. The number of aromatic nitrogens is 1. The van der Waals surface area contributed by atoms with Gasteiger partial charge in [-0.1, -0.05) is 27.7 Å². The fraction of sp³-hybridized carbons (Fsp3) is 0.286. The van der Waals surface area contributed by atoms with Crippen LogP contribution in [-0.4, -0.2) is 47.2 Å². The van der Waals surface area contributed by atoms with Crippen molar-refractivity contribution in [1.29, 1.82) is 0 Å². The number of halogens is 1. The van der Waals surface area contributed by atoms with Crippen LogP contribution < -0.4 is 5.32 Å². The van der Waals surface area contributed by atoms with E-state index in [1.54, 1.807) is 29.7 Å². The summed E-state index contributed by atoms with van der Waals surface area (Å²) >= 11 is 6.37. The smallest absolute Gasteiger partial charge is 0.230 e. The van der Waals surface area contributed by atoms with E-state index in [1.807, 2.05) is 24.3 Å². The van der Waals surface area contributed by atoms with Crippen LogP contribution in [0.5, 0.6) is 5.75 Å². The number of phenols is 1. The van der Waals surface area contributed by atoms with Crippen LogP contribution in [0.3, 0.4) is 0 Å². The molecule has 4 rings (SSSR count). The summed E-state index contributed by atoms with van der Waals surface area (Å²) in [5.74, 6) is 0.505. The van der Waals surface area contributed by atoms with Crippen molar-refractivity contribution in [2.24, 2.45) is 4.99 Å². The van der Waals surface area contributed by atoms with E-state index in [4.69, 9.17) is 4.74 Å². The monoisotopic (exact) mass is 505 g/mol. The number of benzene rings is 2. The minimum atomic E-state index is -0.00567. The Kier molecular flexibility index (Phi) is 7.04. The minimum Gasteiger partial charge on any atom is -0.507 e. The number of phenolic OH excluding ortho intramolecular Hbond substituents is 1.